The minimum Gasteiger partial charge on any atom is -0.340 e. The molecule has 0 unspecified atom stereocenters. The zero-order valence-electron chi connectivity index (χ0n) is 13.5. The number of nitrogens with zero attached hydrogens (tertiary/aromatic N) is 1. The first kappa shape index (κ1) is 16.5. The van der Waals surface area contributed by atoms with Gasteiger partial charge in [-0.15, -0.1) is 0 Å². The number of anilines is 1. The lowest BCUT2D eigenvalue weighted by molar-refractivity contribution is -0.134. The Hall–Kier alpha value is -2.37. The van der Waals surface area contributed by atoms with Gasteiger partial charge in [-0.3, -0.25) is 4.79 Å². The summed E-state index contributed by atoms with van der Waals surface area (Å²) in [6.45, 7) is 1.23. The van der Waals surface area contributed by atoms with E-state index in [1.54, 1.807) is 0 Å². The molecule has 3 rings (SSSR count). The third-order valence-corrected chi connectivity index (χ3v) is 4.56. The Kier molecular flexibility index (Phi) is 5.13. The summed E-state index contributed by atoms with van der Waals surface area (Å²) in [6, 6.07) is 5.23. The molecule has 0 aromatic heterocycles. The smallest absolute Gasteiger partial charge is 0.319 e. The number of nitrogens with one attached hydrogen (secondary N) is 2. The second-order valence-corrected chi connectivity index (χ2v) is 6.36. The number of rotatable bonds is 3. The van der Waals surface area contributed by atoms with Crippen LogP contribution in [0, 0.1) is 11.7 Å². The minimum atomic E-state index is -0.344. The normalized spacial score (nSPS) is 23.1. The van der Waals surface area contributed by atoms with Gasteiger partial charge in [0.25, 0.3) is 0 Å². The van der Waals surface area contributed by atoms with Crippen LogP contribution in [0.1, 0.15) is 25.7 Å². The summed E-state index contributed by atoms with van der Waals surface area (Å²) in [6.07, 6.45) is 7.65. The summed E-state index contributed by atoms with van der Waals surface area (Å²) in [7, 11) is 0. The number of hydrogen-bond donors (Lipinski definition) is 2. The summed E-state index contributed by atoms with van der Waals surface area (Å²) in [5.41, 5.74) is 0.536. The molecule has 1 fully saturated rings. The summed E-state index contributed by atoms with van der Waals surface area (Å²) in [5.74, 6) is -0.0622. The van der Waals surface area contributed by atoms with Crippen molar-refractivity contribution in [1.29, 1.82) is 0 Å². The summed E-state index contributed by atoms with van der Waals surface area (Å²) in [4.78, 5) is 26.3. The van der Waals surface area contributed by atoms with Gasteiger partial charge in [0.2, 0.25) is 5.91 Å². The summed E-state index contributed by atoms with van der Waals surface area (Å²) >= 11 is 0. The predicted octanol–water partition coefficient (Wildman–Crippen LogP) is 2.90. The van der Waals surface area contributed by atoms with Crippen molar-refractivity contribution in [3.8, 4) is 0 Å². The van der Waals surface area contributed by atoms with E-state index < -0.39 is 0 Å². The molecule has 1 aliphatic heterocycles. The van der Waals surface area contributed by atoms with Gasteiger partial charge in [0.1, 0.15) is 5.82 Å². The van der Waals surface area contributed by atoms with Crippen molar-refractivity contribution in [2.24, 2.45) is 5.92 Å². The van der Waals surface area contributed by atoms with E-state index in [1.807, 2.05) is 4.90 Å². The van der Waals surface area contributed by atoms with E-state index in [2.05, 4.69) is 22.8 Å². The molecular weight excluding hydrogens is 309 g/mol. The van der Waals surface area contributed by atoms with Crippen molar-refractivity contribution in [3.63, 3.8) is 0 Å². The molecule has 0 spiro atoms. The highest BCUT2D eigenvalue weighted by Gasteiger charge is 2.31. The van der Waals surface area contributed by atoms with Gasteiger partial charge < -0.3 is 15.5 Å². The van der Waals surface area contributed by atoms with E-state index >= 15 is 0 Å². The highest BCUT2D eigenvalue weighted by atomic mass is 19.1. The molecule has 24 heavy (non-hydrogen) atoms. The second-order valence-electron chi connectivity index (χ2n) is 6.36. The van der Waals surface area contributed by atoms with Gasteiger partial charge in [0.05, 0.1) is 0 Å². The fourth-order valence-corrected chi connectivity index (χ4v) is 3.24. The highest BCUT2D eigenvalue weighted by Crippen LogP contribution is 2.23. The van der Waals surface area contributed by atoms with Crippen molar-refractivity contribution >= 4 is 17.6 Å². The number of urea groups is 1. The van der Waals surface area contributed by atoms with Gasteiger partial charge in [-0.25, -0.2) is 9.18 Å². The lowest BCUT2D eigenvalue weighted by Gasteiger charge is -2.24. The van der Waals surface area contributed by atoms with Crippen molar-refractivity contribution in [2.45, 2.75) is 31.7 Å². The molecule has 0 radical (unpaired) electrons. The van der Waals surface area contributed by atoms with E-state index in [-0.39, 0.29) is 29.7 Å². The van der Waals surface area contributed by atoms with Crippen molar-refractivity contribution in [1.82, 2.24) is 10.2 Å². The lowest BCUT2D eigenvalue weighted by Crippen LogP contribution is -2.41. The first-order valence-corrected chi connectivity index (χ1v) is 8.38. The molecule has 1 aromatic rings. The predicted molar refractivity (Wildman–Crippen MR) is 90.0 cm³/mol. The molecule has 5 nitrogen and oxygen atoms in total. The van der Waals surface area contributed by atoms with Crippen molar-refractivity contribution in [3.05, 3.63) is 42.2 Å². The Balaban J connectivity index is 1.47. The Morgan fingerprint density at radius 1 is 1.12 bits per heavy atom. The number of halogens is 1. The topological polar surface area (TPSA) is 61.4 Å². The fourth-order valence-electron chi connectivity index (χ4n) is 3.24. The number of amides is 3. The Bertz CT molecular complexity index is 630. The maximum atomic E-state index is 12.9. The highest BCUT2D eigenvalue weighted by molar-refractivity contribution is 5.89. The van der Waals surface area contributed by atoms with Crippen molar-refractivity contribution < 1.29 is 14.0 Å². The molecule has 2 aliphatic rings. The number of hydrogen-bond acceptors (Lipinski definition) is 2. The maximum Gasteiger partial charge on any atom is 0.319 e. The molecule has 0 saturated carbocycles. The van der Waals surface area contributed by atoms with E-state index in [0.717, 1.165) is 25.7 Å². The Morgan fingerprint density at radius 2 is 1.92 bits per heavy atom. The van der Waals surface area contributed by atoms with Gasteiger partial charge in [-0.2, -0.15) is 0 Å². The molecule has 1 heterocycles. The van der Waals surface area contributed by atoms with Gasteiger partial charge in [-0.05, 0) is 49.9 Å². The van der Waals surface area contributed by atoms with E-state index in [9.17, 15) is 14.0 Å². The largest absolute Gasteiger partial charge is 0.340 e. The summed E-state index contributed by atoms with van der Waals surface area (Å²) < 4.78 is 12.9. The van der Waals surface area contributed by atoms with Crippen LogP contribution in [0.3, 0.4) is 0 Å². The molecule has 2 atom stereocenters. The van der Waals surface area contributed by atoms with Crippen LogP contribution in [0.25, 0.3) is 0 Å². The van der Waals surface area contributed by atoms with Crippen LogP contribution in [0.2, 0.25) is 0 Å². The zero-order valence-corrected chi connectivity index (χ0v) is 13.5. The monoisotopic (exact) mass is 331 g/mol. The van der Waals surface area contributed by atoms with Gasteiger partial charge in [0.15, 0.2) is 0 Å². The second kappa shape index (κ2) is 7.47. The zero-order chi connectivity index (χ0) is 16.9. The summed E-state index contributed by atoms with van der Waals surface area (Å²) in [5, 5.41) is 5.55. The quantitative estimate of drug-likeness (QED) is 0.837. The van der Waals surface area contributed by atoms with Gasteiger partial charge in [-0.1, -0.05) is 12.2 Å². The number of benzene rings is 1. The molecule has 1 saturated heterocycles. The fraction of sp³-hybridized carbons (Fsp3) is 0.444. The molecule has 0 bridgehead atoms. The number of carbonyl (C=O) groups is 2. The standard InChI is InChI=1S/C18H22FN3O2/c19-14-6-8-15(9-7-14)20-18(24)21-16-10-11-22(12-16)17(23)13-4-2-1-3-5-13/h1-2,6-9,13,16H,3-5,10-12H2,(H2,20,21,24)/t13-,16+/m1/s1. The molecule has 6 heteroatoms. The van der Waals surface area contributed by atoms with Crippen LogP contribution >= 0.6 is 0 Å². The van der Waals surface area contributed by atoms with Crippen LogP contribution in [0.4, 0.5) is 14.9 Å². The van der Waals surface area contributed by atoms with E-state index in [1.165, 1.54) is 24.3 Å². The molecule has 3 amide bonds. The molecule has 1 aromatic carbocycles. The third-order valence-electron chi connectivity index (χ3n) is 4.56. The van der Waals surface area contributed by atoms with E-state index in [0.29, 0.717) is 18.8 Å². The van der Waals surface area contributed by atoms with E-state index in [4.69, 9.17) is 0 Å². The molecular formula is C18H22FN3O2. The van der Waals surface area contributed by atoms with Crippen LogP contribution in [0.5, 0.6) is 0 Å². The molecule has 2 N–H and O–H groups in total. The Morgan fingerprint density at radius 3 is 2.62 bits per heavy atom. The first-order valence-electron chi connectivity index (χ1n) is 8.38. The number of likely N-dealkylation sites (tertiary alicyclic amines) is 1. The Labute approximate surface area is 140 Å². The van der Waals surface area contributed by atoms with Gasteiger partial charge >= 0.3 is 6.03 Å². The average Bonchev–Trinajstić information content (AvgIpc) is 3.05. The van der Waals surface area contributed by atoms with Crippen LogP contribution in [0.15, 0.2) is 36.4 Å². The average molecular weight is 331 g/mol. The van der Waals surface area contributed by atoms with Crippen molar-refractivity contribution in [2.75, 3.05) is 18.4 Å². The first-order chi connectivity index (χ1) is 11.6. The van der Waals surface area contributed by atoms with Crippen LogP contribution in [-0.4, -0.2) is 36.0 Å². The molecule has 128 valence electrons. The van der Waals surface area contributed by atoms with Crippen LogP contribution < -0.4 is 10.6 Å². The molecule has 1 aliphatic carbocycles. The number of carbonyl (C=O) groups excluding carboxylic acids is 2. The SMILES string of the molecule is O=C(Nc1ccc(F)cc1)N[C@H]1CCN(C(=O)[C@@H]2CC=CCC2)C1. The minimum absolute atomic E-state index is 0.0477. The maximum absolute atomic E-state index is 12.9. The number of allylic oxidation sites excluding steroid dienone is 2. The van der Waals surface area contributed by atoms with Crippen LogP contribution in [-0.2, 0) is 4.79 Å². The third kappa shape index (κ3) is 4.13. The van der Waals surface area contributed by atoms with Gasteiger partial charge in [0, 0.05) is 30.7 Å². The lowest BCUT2D eigenvalue weighted by atomic mass is 9.93.